The molecule has 0 saturated heterocycles. The van der Waals surface area contributed by atoms with Crippen LogP contribution in [0.1, 0.15) is 5.56 Å². The Bertz CT molecular complexity index is 405. The second-order valence-corrected chi connectivity index (χ2v) is 3.88. The maximum atomic E-state index is 10.4. The molecular weight excluding hydrogens is 285 g/mol. The summed E-state index contributed by atoms with van der Waals surface area (Å²) in [5.41, 5.74) is 6.42. The highest BCUT2D eigenvalue weighted by molar-refractivity contribution is 9.11. The van der Waals surface area contributed by atoms with Gasteiger partial charge in [-0.05, 0) is 11.6 Å². The van der Waals surface area contributed by atoms with Gasteiger partial charge in [-0.1, -0.05) is 17.7 Å². The van der Waals surface area contributed by atoms with Gasteiger partial charge in [0.1, 0.15) is 5.15 Å². The third-order valence-corrected chi connectivity index (χ3v) is 2.63. The van der Waals surface area contributed by atoms with Crippen LogP contribution in [0.3, 0.4) is 0 Å². The molecule has 0 amide bonds. The van der Waals surface area contributed by atoms with Gasteiger partial charge in [0.15, 0.2) is 0 Å². The summed E-state index contributed by atoms with van der Waals surface area (Å²) in [6.45, 7) is 0. The van der Waals surface area contributed by atoms with Gasteiger partial charge in [-0.2, -0.15) is 0 Å². The molecule has 0 aromatic carbocycles. The van der Waals surface area contributed by atoms with Crippen LogP contribution in [0.4, 0.5) is 0 Å². The van der Waals surface area contributed by atoms with E-state index in [2.05, 4.69) is 20.9 Å². The average molecular weight is 293 g/mol. The third kappa shape index (κ3) is 3.49. The van der Waals surface area contributed by atoms with E-state index in [-0.39, 0.29) is 16.7 Å². The summed E-state index contributed by atoms with van der Waals surface area (Å²) in [6.07, 6.45) is 1.78. The monoisotopic (exact) mass is 291 g/mol. The van der Waals surface area contributed by atoms with E-state index in [4.69, 9.17) is 17.3 Å². The Labute approximate surface area is 99.2 Å². The summed E-state index contributed by atoms with van der Waals surface area (Å²) in [4.78, 5) is 13.6. The van der Waals surface area contributed by atoms with Crippen molar-refractivity contribution in [2.75, 3.05) is 0 Å². The van der Waals surface area contributed by atoms with Crippen molar-refractivity contribution in [3.05, 3.63) is 49.5 Å². The van der Waals surface area contributed by atoms with Gasteiger partial charge in [-0.15, -0.1) is 0 Å². The van der Waals surface area contributed by atoms with Crippen molar-refractivity contribution in [2.45, 2.75) is 6.42 Å². The van der Waals surface area contributed by atoms with Crippen LogP contribution in [-0.2, 0) is 6.42 Å². The van der Waals surface area contributed by atoms with Crippen molar-refractivity contribution in [3.63, 3.8) is 0 Å². The SMILES string of the molecule is N/C(Cc1ccc(Cl)nc1)=C(/Br)[N+](=O)[O-]. The number of hydrogen-bond acceptors (Lipinski definition) is 4. The number of hydrogen-bond donors (Lipinski definition) is 1. The first-order valence-corrected chi connectivity index (χ1v) is 5.06. The average Bonchev–Trinajstić information content (AvgIpc) is 2.20. The fourth-order valence-corrected chi connectivity index (χ4v) is 1.17. The minimum absolute atomic E-state index is 0.143. The van der Waals surface area contributed by atoms with E-state index in [1.807, 2.05) is 0 Å². The number of nitrogens with zero attached hydrogens (tertiary/aromatic N) is 2. The number of rotatable bonds is 3. The van der Waals surface area contributed by atoms with Crippen molar-refractivity contribution in [1.82, 2.24) is 4.98 Å². The van der Waals surface area contributed by atoms with Crippen molar-refractivity contribution < 1.29 is 4.92 Å². The first kappa shape index (κ1) is 11.9. The highest BCUT2D eigenvalue weighted by atomic mass is 79.9. The fraction of sp³-hybridized carbons (Fsp3) is 0.125. The van der Waals surface area contributed by atoms with E-state index in [9.17, 15) is 10.1 Å². The lowest BCUT2D eigenvalue weighted by Gasteiger charge is -2.00. The Morgan fingerprint density at radius 2 is 2.33 bits per heavy atom. The first-order valence-electron chi connectivity index (χ1n) is 3.89. The molecule has 0 atom stereocenters. The molecule has 2 N–H and O–H groups in total. The maximum Gasteiger partial charge on any atom is 0.329 e. The fourth-order valence-electron chi connectivity index (χ4n) is 0.921. The van der Waals surface area contributed by atoms with Gasteiger partial charge in [-0.25, -0.2) is 4.98 Å². The molecule has 0 aliphatic carbocycles. The highest BCUT2D eigenvalue weighted by Gasteiger charge is 2.12. The van der Waals surface area contributed by atoms with Crippen molar-refractivity contribution in [2.24, 2.45) is 5.73 Å². The second-order valence-electron chi connectivity index (χ2n) is 2.74. The van der Waals surface area contributed by atoms with Gasteiger partial charge in [0, 0.05) is 28.5 Å². The lowest BCUT2D eigenvalue weighted by Crippen LogP contribution is -2.08. The second kappa shape index (κ2) is 5.09. The third-order valence-electron chi connectivity index (χ3n) is 1.61. The van der Waals surface area contributed by atoms with Crippen LogP contribution in [0, 0.1) is 10.1 Å². The van der Waals surface area contributed by atoms with Gasteiger partial charge < -0.3 is 5.73 Å². The van der Waals surface area contributed by atoms with Crippen molar-refractivity contribution >= 4 is 27.5 Å². The molecular formula is C8H7BrClN3O2. The van der Waals surface area contributed by atoms with Crippen molar-refractivity contribution in [3.8, 4) is 0 Å². The molecule has 0 radical (unpaired) electrons. The van der Waals surface area contributed by atoms with E-state index < -0.39 is 4.92 Å². The molecule has 1 aromatic rings. The molecule has 15 heavy (non-hydrogen) atoms. The number of aromatic nitrogens is 1. The zero-order valence-corrected chi connectivity index (χ0v) is 9.83. The lowest BCUT2D eigenvalue weighted by molar-refractivity contribution is -0.410. The van der Waals surface area contributed by atoms with Crippen LogP contribution < -0.4 is 5.73 Å². The number of nitrogens with two attached hydrogens (primary N) is 1. The summed E-state index contributed by atoms with van der Waals surface area (Å²) in [7, 11) is 0. The zero-order chi connectivity index (χ0) is 11.4. The van der Waals surface area contributed by atoms with E-state index in [0.717, 1.165) is 5.56 Å². The van der Waals surface area contributed by atoms with E-state index >= 15 is 0 Å². The van der Waals surface area contributed by atoms with E-state index in [1.165, 1.54) is 6.20 Å². The van der Waals surface area contributed by atoms with Crippen LogP contribution in [-0.4, -0.2) is 9.91 Å². The predicted octanol–water partition coefficient (Wildman–Crippen LogP) is 2.08. The minimum atomic E-state index is -0.585. The van der Waals surface area contributed by atoms with Crippen molar-refractivity contribution in [1.29, 1.82) is 0 Å². The molecule has 1 heterocycles. The van der Waals surface area contributed by atoms with E-state index in [1.54, 1.807) is 12.1 Å². The number of allylic oxidation sites excluding steroid dienone is 1. The molecule has 80 valence electrons. The smallest absolute Gasteiger partial charge is 0.329 e. The van der Waals surface area contributed by atoms with Crippen LogP contribution in [0.25, 0.3) is 0 Å². The molecule has 7 heteroatoms. The highest BCUT2D eigenvalue weighted by Crippen LogP contribution is 2.14. The summed E-state index contributed by atoms with van der Waals surface area (Å²) in [5.74, 6) is 0. The van der Waals surface area contributed by atoms with Crippen LogP contribution in [0.2, 0.25) is 5.15 Å². The van der Waals surface area contributed by atoms with Gasteiger partial charge in [0.25, 0.3) is 0 Å². The number of halogens is 2. The Hall–Kier alpha value is -1.14. The van der Waals surface area contributed by atoms with Gasteiger partial charge >= 0.3 is 4.61 Å². The largest absolute Gasteiger partial charge is 0.396 e. The number of nitro groups is 1. The molecule has 0 fully saturated rings. The molecule has 1 rings (SSSR count). The summed E-state index contributed by atoms with van der Waals surface area (Å²) in [5, 5.41) is 10.7. The van der Waals surface area contributed by atoms with Crippen LogP contribution in [0.5, 0.6) is 0 Å². The standard InChI is InChI=1S/C8H7BrClN3O2/c9-8(13(14)15)6(11)3-5-1-2-7(10)12-4-5/h1-2,4H,3,11H2/b8-6-. The first-order chi connectivity index (χ1) is 7.00. The van der Waals surface area contributed by atoms with Crippen LogP contribution >= 0.6 is 27.5 Å². The normalized spacial score (nSPS) is 12.1. The molecule has 0 aliphatic rings. The van der Waals surface area contributed by atoms with Crippen LogP contribution in [0.15, 0.2) is 28.6 Å². The van der Waals surface area contributed by atoms with E-state index in [0.29, 0.717) is 5.15 Å². The summed E-state index contributed by atoms with van der Waals surface area (Å²) in [6, 6.07) is 3.31. The Balaban J connectivity index is 2.83. The van der Waals surface area contributed by atoms with Gasteiger partial charge in [-0.3, -0.25) is 10.1 Å². The van der Waals surface area contributed by atoms with Gasteiger partial charge in [0.05, 0.1) is 10.6 Å². The number of pyridine rings is 1. The molecule has 5 nitrogen and oxygen atoms in total. The molecule has 0 spiro atoms. The lowest BCUT2D eigenvalue weighted by atomic mass is 10.2. The topological polar surface area (TPSA) is 82.0 Å². The Morgan fingerprint density at radius 3 is 2.80 bits per heavy atom. The predicted molar refractivity (Wildman–Crippen MR) is 60.1 cm³/mol. The Kier molecular flexibility index (Phi) is 4.05. The minimum Gasteiger partial charge on any atom is -0.396 e. The molecule has 0 unspecified atom stereocenters. The Morgan fingerprint density at radius 1 is 1.67 bits per heavy atom. The zero-order valence-electron chi connectivity index (χ0n) is 7.48. The van der Waals surface area contributed by atoms with Gasteiger partial charge in [0.2, 0.25) is 0 Å². The maximum absolute atomic E-state index is 10.4. The molecule has 0 saturated carbocycles. The molecule has 0 aliphatic heterocycles. The molecule has 0 bridgehead atoms. The molecule has 1 aromatic heterocycles. The summed E-state index contributed by atoms with van der Waals surface area (Å²) < 4.78 is -0.225. The quantitative estimate of drug-likeness (QED) is 0.400. The summed E-state index contributed by atoms with van der Waals surface area (Å²) >= 11 is 8.38.